The molecule has 0 spiro atoms. The quantitative estimate of drug-likeness (QED) is 0.485. The highest BCUT2D eigenvalue weighted by Crippen LogP contribution is 2.04. The molecule has 0 saturated carbocycles. The van der Waals surface area contributed by atoms with E-state index < -0.39 is 0 Å². The Bertz CT molecular complexity index is 141. The number of hydrogen-bond acceptors (Lipinski definition) is 3. The molecule has 0 radical (unpaired) electrons. The summed E-state index contributed by atoms with van der Waals surface area (Å²) in [5, 5.41) is 10.7. The van der Waals surface area contributed by atoms with Crippen molar-refractivity contribution in [1.82, 2.24) is 10.6 Å². The molecule has 1 aliphatic rings. The molecule has 1 heterocycles. The van der Waals surface area contributed by atoms with Crippen LogP contribution < -0.4 is 15.8 Å². The molecule has 0 aliphatic carbocycles. The van der Waals surface area contributed by atoms with E-state index >= 15 is 0 Å². The van der Waals surface area contributed by atoms with Gasteiger partial charge in [-0.3, -0.25) is 5.14 Å². The van der Waals surface area contributed by atoms with Gasteiger partial charge >= 0.3 is 6.03 Å². The first kappa shape index (κ1) is 7.68. The van der Waals surface area contributed by atoms with Gasteiger partial charge in [-0.15, -0.1) is 0 Å². The third kappa shape index (κ3) is 1.54. The first-order chi connectivity index (χ1) is 4.74. The highest BCUT2D eigenvalue weighted by molar-refractivity contribution is 7.97. The van der Waals surface area contributed by atoms with Crippen LogP contribution in [0.15, 0.2) is 0 Å². The minimum Gasteiger partial charge on any atom is -0.334 e. The Labute approximate surface area is 64.1 Å². The van der Waals surface area contributed by atoms with Crippen LogP contribution in [0.5, 0.6) is 0 Å². The summed E-state index contributed by atoms with van der Waals surface area (Å²) in [5.41, 5.74) is 0. The lowest BCUT2D eigenvalue weighted by Gasteiger charge is -2.10. The van der Waals surface area contributed by atoms with Gasteiger partial charge in [0.1, 0.15) is 0 Å². The zero-order chi connectivity index (χ0) is 7.56. The van der Waals surface area contributed by atoms with Gasteiger partial charge in [0.2, 0.25) is 0 Å². The number of carbonyl (C=O) groups excluding carboxylic acids is 1. The van der Waals surface area contributed by atoms with Gasteiger partial charge < -0.3 is 10.6 Å². The first-order valence-electron chi connectivity index (χ1n) is 3.12. The predicted octanol–water partition coefficient (Wildman–Crippen LogP) is -0.337. The zero-order valence-corrected chi connectivity index (χ0v) is 6.57. The Morgan fingerprint density at radius 1 is 1.70 bits per heavy atom. The number of amides is 2. The number of nitrogens with two attached hydrogens (primary N) is 1. The molecule has 0 aromatic heterocycles. The SMILES string of the molecule is CC1NC(=O)NC1CSN. The van der Waals surface area contributed by atoms with Crippen molar-refractivity contribution in [3.8, 4) is 0 Å². The summed E-state index contributed by atoms with van der Waals surface area (Å²) < 4.78 is 0. The lowest BCUT2D eigenvalue weighted by atomic mass is 10.2. The monoisotopic (exact) mass is 161 g/mol. The van der Waals surface area contributed by atoms with Crippen LogP contribution in [0.3, 0.4) is 0 Å². The van der Waals surface area contributed by atoms with E-state index in [-0.39, 0.29) is 18.1 Å². The molecule has 4 nitrogen and oxygen atoms in total. The van der Waals surface area contributed by atoms with Gasteiger partial charge in [0.05, 0.1) is 6.04 Å². The van der Waals surface area contributed by atoms with Crippen LogP contribution in [0, 0.1) is 0 Å². The largest absolute Gasteiger partial charge is 0.334 e. The van der Waals surface area contributed by atoms with Gasteiger partial charge in [-0.2, -0.15) is 0 Å². The molecule has 0 aromatic rings. The summed E-state index contributed by atoms with van der Waals surface area (Å²) in [6.07, 6.45) is 0. The Hall–Kier alpha value is -0.420. The zero-order valence-electron chi connectivity index (χ0n) is 5.76. The summed E-state index contributed by atoms with van der Waals surface area (Å²) in [7, 11) is 0. The smallest absolute Gasteiger partial charge is 0.315 e. The summed E-state index contributed by atoms with van der Waals surface area (Å²) in [4.78, 5) is 10.7. The van der Waals surface area contributed by atoms with Crippen LogP contribution in [0.25, 0.3) is 0 Å². The van der Waals surface area contributed by atoms with Crippen molar-refractivity contribution in [2.45, 2.75) is 19.0 Å². The van der Waals surface area contributed by atoms with Gasteiger partial charge in [0.25, 0.3) is 0 Å². The number of rotatable bonds is 2. The average molecular weight is 161 g/mol. The molecule has 1 saturated heterocycles. The molecule has 2 atom stereocenters. The Balaban J connectivity index is 2.38. The summed E-state index contributed by atoms with van der Waals surface area (Å²) in [6.45, 7) is 1.96. The maximum absolute atomic E-state index is 10.7. The third-order valence-corrected chi connectivity index (χ3v) is 2.11. The van der Waals surface area contributed by atoms with Gasteiger partial charge in [-0.25, -0.2) is 4.79 Å². The second-order valence-corrected chi connectivity index (χ2v) is 3.01. The first-order valence-corrected chi connectivity index (χ1v) is 4.17. The lowest BCUT2D eigenvalue weighted by Crippen LogP contribution is -2.33. The Morgan fingerprint density at radius 2 is 2.40 bits per heavy atom. The topological polar surface area (TPSA) is 67.2 Å². The summed E-state index contributed by atoms with van der Waals surface area (Å²) in [6, 6.07) is 0.289. The van der Waals surface area contributed by atoms with E-state index in [1.165, 1.54) is 11.9 Å². The van der Waals surface area contributed by atoms with E-state index in [9.17, 15) is 4.79 Å². The highest BCUT2D eigenvalue weighted by Gasteiger charge is 2.26. The molecule has 0 aromatic carbocycles. The van der Waals surface area contributed by atoms with Gasteiger partial charge in [0.15, 0.2) is 0 Å². The number of urea groups is 1. The Morgan fingerprint density at radius 3 is 2.80 bits per heavy atom. The minimum atomic E-state index is -0.0912. The lowest BCUT2D eigenvalue weighted by molar-refractivity contribution is 0.247. The van der Waals surface area contributed by atoms with E-state index in [0.717, 1.165) is 5.75 Å². The van der Waals surface area contributed by atoms with Crippen LogP contribution in [0.2, 0.25) is 0 Å². The van der Waals surface area contributed by atoms with Crippen LogP contribution in [0.1, 0.15) is 6.92 Å². The van der Waals surface area contributed by atoms with E-state index in [0.29, 0.717) is 0 Å². The molecule has 2 unspecified atom stereocenters. The summed E-state index contributed by atoms with van der Waals surface area (Å²) >= 11 is 1.25. The number of carbonyl (C=O) groups is 1. The van der Waals surface area contributed by atoms with Crippen molar-refractivity contribution >= 4 is 18.0 Å². The van der Waals surface area contributed by atoms with E-state index in [2.05, 4.69) is 10.6 Å². The van der Waals surface area contributed by atoms with Crippen molar-refractivity contribution in [2.24, 2.45) is 5.14 Å². The van der Waals surface area contributed by atoms with Gasteiger partial charge in [-0.05, 0) is 6.92 Å². The fraction of sp³-hybridized carbons (Fsp3) is 0.800. The molecule has 1 aliphatic heterocycles. The molecular formula is C5H11N3OS. The normalized spacial score (nSPS) is 31.6. The van der Waals surface area contributed by atoms with Crippen molar-refractivity contribution < 1.29 is 4.79 Å². The van der Waals surface area contributed by atoms with E-state index in [4.69, 9.17) is 5.14 Å². The fourth-order valence-corrected chi connectivity index (χ4v) is 1.51. The fourth-order valence-electron chi connectivity index (χ4n) is 0.932. The van der Waals surface area contributed by atoms with E-state index in [1.54, 1.807) is 0 Å². The predicted molar refractivity (Wildman–Crippen MR) is 41.6 cm³/mol. The third-order valence-electron chi connectivity index (χ3n) is 1.55. The Kier molecular flexibility index (Phi) is 2.39. The van der Waals surface area contributed by atoms with Crippen molar-refractivity contribution in [3.05, 3.63) is 0 Å². The summed E-state index contributed by atoms with van der Waals surface area (Å²) in [5.74, 6) is 0.764. The van der Waals surface area contributed by atoms with Crippen molar-refractivity contribution in [1.29, 1.82) is 0 Å². The molecule has 1 rings (SSSR count). The molecule has 2 amide bonds. The maximum atomic E-state index is 10.7. The molecule has 0 bridgehead atoms. The van der Waals surface area contributed by atoms with Crippen LogP contribution in [-0.2, 0) is 0 Å². The second kappa shape index (κ2) is 3.12. The number of nitrogens with one attached hydrogen (secondary N) is 2. The van der Waals surface area contributed by atoms with Gasteiger partial charge in [-0.1, -0.05) is 11.9 Å². The maximum Gasteiger partial charge on any atom is 0.315 e. The highest BCUT2D eigenvalue weighted by atomic mass is 32.2. The molecule has 58 valence electrons. The van der Waals surface area contributed by atoms with Crippen molar-refractivity contribution in [2.75, 3.05) is 5.75 Å². The molecule has 4 N–H and O–H groups in total. The van der Waals surface area contributed by atoms with E-state index in [1.807, 2.05) is 6.92 Å². The standard InChI is InChI=1S/C5H11N3OS/c1-3-4(2-10-6)8-5(9)7-3/h3-4H,2,6H2,1H3,(H2,7,8,9). The second-order valence-electron chi connectivity index (χ2n) is 2.35. The van der Waals surface area contributed by atoms with Crippen LogP contribution >= 0.6 is 11.9 Å². The number of hydrogen-bond donors (Lipinski definition) is 3. The van der Waals surface area contributed by atoms with Gasteiger partial charge in [0, 0.05) is 11.8 Å². The molecule has 5 heteroatoms. The molecule has 1 fully saturated rings. The minimum absolute atomic E-state index is 0.0912. The molecule has 10 heavy (non-hydrogen) atoms. The van der Waals surface area contributed by atoms with Crippen LogP contribution in [-0.4, -0.2) is 23.9 Å². The van der Waals surface area contributed by atoms with Crippen LogP contribution in [0.4, 0.5) is 4.79 Å². The molecular weight excluding hydrogens is 150 g/mol. The van der Waals surface area contributed by atoms with Crippen molar-refractivity contribution in [3.63, 3.8) is 0 Å². The average Bonchev–Trinajstić information content (AvgIpc) is 2.13.